The number of imidazole rings is 1. The Balaban J connectivity index is 2.04. The fraction of sp³-hybridized carbons (Fsp3) is 0.333. The number of carbonyl (C=O) groups is 1. The lowest BCUT2D eigenvalue weighted by molar-refractivity contribution is 0.0945. The van der Waals surface area contributed by atoms with E-state index in [9.17, 15) is 4.79 Å². The first-order chi connectivity index (χ1) is 9.46. The maximum atomic E-state index is 11.9. The summed E-state index contributed by atoms with van der Waals surface area (Å²) in [7, 11) is 0. The zero-order valence-corrected chi connectivity index (χ0v) is 11.9. The van der Waals surface area contributed by atoms with E-state index in [1.165, 1.54) is 12.5 Å². The smallest absolute Gasteiger partial charge is 0.269 e. The number of nitrogens with one attached hydrogen (secondary N) is 2. The Hall–Kier alpha value is -2.30. The fourth-order valence-corrected chi connectivity index (χ4v) is 1.73. The van der Waals surface area contributed by atoms with Crippen molar-refractivity contribution in [3.05, 3.63) is 48.0 Å². The van der Waals surface area contributed by atoms with E-state index >= 15 is 0 Å². The average Bonchev–Trinajstić information content (AvgIpc) is 2.89. The monoisotopic (exact) mass is 273 g/mol. The van der Waals surface area contributed by atoms with Crippen LogP contribution in [0.5, 0.6) is 5.75 Å². The molecule has 2 rings (SSSR count). The Labute approximate surface area is 118 Å². The molecule has 0 atom stereocenters. The van der Waals surface area contributed by atoms with Gasteiger partial charge in [-0.15, -0.1) is 0 Å². The van der Waals surface area contributed by atoms with Crippen LogP contribution in [0.25, 0.3) is 0 Å². The molecule has 0 aliphatic carbocycles. The number of hydrogen-bond donors (Lipinski definition) is 2. The number of benzene rings is 1. The van der Waals surface area contributed by atoms with Gasteiger partial charge in [0.25, 0.3) is 5.91 Å². The van der Waals surface area contributed by atoms with Gasteiger partial charge in [-0.1, -0.05) is 18.2 Å². The third-order valence-electron chi connectivity index (χ3n) is 2.57. The van der Waals surface area contributed by atoms with Crippen LogP contribution in [-0.4, -0.2) is 21.5 Å². The number of amides is 1. The normalized spacial score (nSPS) is 11.2. The van der Waals surface area contributed by atoms with Crippen molar-refractivity contribution in [3.8, 4) is 5.75 Å². The Morgan fingerprint density at radius 2 is 2.10 bits per heavy atom. The highest BCUT2D eigenvalue weighted by atomic mass is 16.5. The van der Waals surface area contributed by atoms with Gasteiger partial charge in [0, 0.05) is 12.1 Å². The van der Waals surface area contributed by atoms with E-state index in [2.05, 4.69) is 15.3 Å². The quantitative estimate of drug-likeness (QED) is 0.899. The lowest BCUT2D eigenvalue weighted by Gasteiger charge is -2.23. The van der Waals surface area contributed by atoms with Crippen molar-refractivity contribution in [2.45, 2.75) is 32.9 Å². The van der Waals surface area contributed by atoms with Crippen LogP contribution in [0.4, 0.5) is 0 Å². The zero-order chi connectivity index (χ0) is 14.6. The number of ether oxygens (including phenoxy) is 1. The summed E-state index contributed by atoms with van der Waals surface area (Å²) in [6.45, 7) is 6.39. The van der Waals surface area contributed by atoms with Gasteiger partial charge in [0.05, 0.1) is 12.5 Å². The predicted molar refractivity (Wildman–Crippen MR) is 76.6 cm³/mol. The third-order valence-corrected chi connectivity index (χ3v) is 2.57. The minimum atomic E-state index is -0.274. The second kappa shape index (κ2) is 5.77. The largest absolute Gasteiger partial charge is 0.488 e. The van der Waals surface area contributed by atoms with Crippen molar-refractivity contribution in [1.82, 2.24) is 15.3 Å². The van der Waals surface area contributed by atoms with Crippen molar-refractivity contribution in [3.63, 3.8) is 0 Å². The highest BCUT2D eigenvalue weighted by molar-refractivity contribution is 5.91. The van der Waals surface area contributed by atoms with E-state index in [0.29, 0.717) is 12.2 Å². The molecule has 0 bridgehead atoms. The number of rotatable bonds is 4. The highest BCUT2D eigenvalue weighted by Crippen LogP contribution is 2.22. The molecule has 0 radical (unpaired) electrons. The maximum absolute atomic E-state index is 11.9. The molecular formula is C15H19N3O2. The van der Waals surface area contributed by atoms with E-state index in [0.717, 1.165) is 11.3 Å². The van der Waals surface area contributed by atoms with Crippen LogP contribution in [0.3, 0.4) is 0 Å². The Morgan fingerprint density at radius 3 is 2.75 bits per heavy atom. The van der Waals surface area contributed by atoms with Gasteiger partial charge in [0.2, 0.25) is 0 Å². The van der Waals surface area contributed by atoms with Gasteiger partial charge in [0.1, 0.15) is 17.0 Å². The number of aromatic nitrogens is 2. The lowest BCUT2D eigenvalue weighted by atomic mass is 10.1. The Morgan fingerprint density at radius 1 is 1.35 bits per heavy atom. The molecule has 5 nitrogen and oxygen atoms in total. The van der Waals surface area contributed by atoms with E-state index in [1.54, 1.807) is 0 Å². The molecule has 2 aromatic rings. The molecule has 0 fully saturated rings. The second-order valence-corrected chi connectivity index (χ2v) is 5.47. The molecule has 1 heterocycles. The molecule has 106 valence electrons. The minimum absolute atomic E-state index is 0.187. The average molecular weight is 273 g/mol. The van der Waals surface area contributed by atoms with Gasteiger partial charge in [0.15, 0.2) is 0 Å². The van der Waals surface area contributed by atoms with Crippen LogP contribution in [0, 0.1) is 0 Å². The van der Waals surface area contributed by atoms with Crippen LogP contribution in [-0.2, 0) is 6.54 Å². The van der Waals surface area contributed by atoms with Gasteiger partial charge >= 0.3 is 0 Å². The number of carbonyl (C=O) groups excluding carboxylic acids is 1. The molecule has 1 amide bonds. The predicted octanol–water partition coefficient (Wildman–Crippen LogP) is 2.52. The Bertz CT molecular complexity index is 571. The van der Waals surface area contributed by atoms with Gasteiger partial charge in [-0.2, -0.15) is 0 Å². The first-order valence-corrected chi connectivity index (χ1v) is 6.49. The molecule has 0 spiro atoms. The summed E-state index contributed by atoms with van der Waals surface area (Å²) in [5, 5.41) is 2.84. The molecular weight excluding hydrogens is 254 g/mol. The summed E-state index contributed by atoms with van der Waals surface area (Å²) in [5.74, 6) is 0.595. The van der Waals surface area contributed by atoms with Crippen LogP contribution < -0.4 is 10.1 Å². The molecule has 0 aliphatic heterocycles. The van der Waals surface area contributed by atoms with Crippen LogP contribution in [0.2, 0.25) is 0 Å². The zero-order valence-electron chi connectivity index (χ0n) is 11.9. The third kappa shape index (κ3) is 3.85. The number of aromatic amines is 1. The molecule has 0 saturated carbocycles. The van der Waals surface area contributed by atoms with E-state index in [-0.39, 0.29) is 11.5 Å². The molecule has 0 aliphatic rings. The fourth-order valence-electron chi connectivity index (χ4n) is 1.73. The number of H-pyrrole nitrogens is 1. The molecule has 0 saturated heterocycles. The Kier molecular flexibility index (Phi) is 4.08. The topological polar surface area (TPSA) is 67.0 Å². The van der Waals surface area contributed by atoms with Crippen molar-refractivity contribution in [1.29, 1.82) is 0 Å². The van der Waals surface area contributed by atoms with Crippen LogP contribution in [0.15, 0.2) is 36.8 Å². The maximum Gasteiger partial charge on any atom is 0.269 e. The van der Waals surface area contributed by atoms with Crippen molar-refractivity contribution < 1.29 is 9.53 Å². The van der Waals surface area contributed by atoms with Gasteiger partial charge in [-0.05, 0) is 26.8 Å². The number of para-hydroxylation sites is 1. The van der Waals surface area contributed by atoms with Crippen molar-refractivity contribution in [2.75, 3.05) is 0 Å². The summed E-state index contributed by atoms with van der Waals surface area (Å²) in [5.41, 5.74) is 1.11. The number of nitrogens with zero attached hydrogens (tertiary/aromatic N) is 1. The van der Waals surface area contributed by atoms with Crippen LogP contribution in [0.1, 0.15) is 36.8 Å². The minimum Gasteiger partial charge on any atom is -0.488 e. The molecule has 5 heteroatoms. The SMILES string of the molecule is CC(C)(C)Oc1ccccc1CNC(=O)c1cnc[nH]1. The summed E-state index contributed by atoms with van der Waals surface area (Å²) in [6, 6.07) is 7.69. The standard InChI is InChI=1S/C15H19N3O2/c1-15(2,3)20-13-7-5-4-6-11(13)8-17-14(19)12-9-16-10-18-12/h4-7,9-10H,8H2,1-3H3,(H,16,18)(H,17,19). The van der Waals surface area contributed by atoms with E-state index in [1.807, 2.05) is 45.0 Å². The summed E-state index contributed by atoms with van der Waals surface area (Å²) in [4.78, 5) is 18.4. The first kappa shape index (κ1) is 14.1. The summed E-state index contributed by atoms with van der Waals surface area (Å²) < 4.78 is 5.88. The summed E-state index contributed by atoms with van der Waals surface area (Å²) >= 11 is 0. The molecule has 2 N–H and O–H groups in total. The first-order valence-electron chi connectivity index (χ1n) is 6.49. The van der Waals surface area contributed by atoms with E-state index in [4.69, 9.17) is 4.74 Å². The van der Waals surface area contributed by atoms with E-state index < -0.39 is 0 Å². The summed E-state index contributed by atoms with van der Waals surface area (Å²) in [6.07, 6.45) is 2.97. The molecule has 0 unspecified atom stereocenters. The molecule has 1 aromatic heterocycles. The molecule has 20 heavy (non-hydrogen) atoms. The van der Waals surface area contributed by atoms with Gasteiger partial charge in [-0.25, -0.2) is 4.98 Å². The molecule has 1 aromatic carbocycles. The highest BCUT2D eigenvalue weighted by Gasteiger charge is 2.15. The van der Waals surface area contributed by atoms with Gasteiger partial charge in [-0.3, -0.25) is 4.79 Å². The van der Waals surface area contributed by atoms with Crippen molar-refractivity contribution in [2.24, 2.45) is 0 Å². The van der Waals surface area contributed by atoms with Crippen molar-refractivity contribution >= 4 is 5.91 Å². The second-order valence-electron chi connectivity index (χ2n) is 5.47. The van der Waals surface area contributed by atoms with Gasteiger partial charge < -0.3 is 15.0 Å². The lowest BCUT2D eigenvalue weighted by Crippen LogP contribution is -2.26. The van der Waals surface area contributed by atoms with Crippen LogP contribution >= 0.6 is 0 Å². The number of hydrogen-bond acceptors (Lipinski definition) is 3.